The summed E-state index contributed by atoms with van der Waals surface area (Å²) in [4.78, 5) is 11.2. The highest BCUT2D eigenvalue weighted by Gasteiger charge is 2.13. The summed E-state index contributed by atoms with van der Waals surface area (Å²) in [6.45, 7) is 2.78. The van der Waals surface area contributed by atoms with Crippen LogP contribution in [0.3, 0.4) is 0 Å². The Labute approximate surface area is 141 Å². The molecule has 1 aromatic carbocycles. The number of alkyl halides is 1. The molecule has 1 aliphatic rings. The Balaban J connectivity index is 1.61. The van der Waals surface area contributed by atoms with Crippen LogP contribution in [-0.4, -0.2) is 35.5 Å². The number of halogens is 1. The molecule has 0 unspecified atom stereocenters. The second-order valence-electron chi connectivity index (χ2n) is 5.47. The monoisotopic (exact) mass is 332 g/mol. The first-order chi connectivity index (χ1) is 11.3. The van der Waals surface area contributed by atoms with Gasteiger partial charge in [0.25, 0.3) is 0 Å². The molecule has 1 aliphatic heterocycles. The van der Waals surface area contributed by atoms with Crippen LogP contribution >= 0.6 is 11.6 Å². The van der Waals surface area contributed by atoms with E-state index in [0.29, 0.717) is 18.4 Å². The smallest absolute Gasteiger partial charge is 0.229 e. The number of nitrogens with one attached hydrogen (secondary N) is 1. The van der Waals surface area contributed by atoms with Gasteiger partial charge in [-0.1, -0.05) is 0 Å². The maximum atomic E-state index is 5.64. The molecule has 1 N–H and O–H groups in total. The number of anilines is 3. The third kappa shape index (κ3) is 4.48. The van der Waals surface area contributed by atoms with Gasteiger partial charge in [-0.25, -0.2) is 4.98 Å². The molecule has 0 spiro atoms. The molecule has 0 saturated carbocycles. The van der Waals surface area contributed by atoms with Crippen LogP contribution in [0.4, 0.5) is 17.5 Å². The molecule has 5 nitrogen and oxygen atoms in total. The van der Waals surface area contributed by atoms with Crippen LogP contribution in [-0.2, 0) is 0 Å². The number of benzene rings is 1. The van der Waals surface area contributed by atoms with E-state index in [9.17, 15) is 0 Å². The maximum absolute atomic E-state index is 5.64. The lowest BCUT2D eigenvalue weighted by Gasteiger charge is -2.16. The van der Waals surface area contributed by atoms with E-state index in [0.717, 1.165) is 36.8 Å². The lowest BCUT2D eigenvalue weighted by Crippen LogP contribution is -2.19. The van der Waals surface area contributed by atoms with E-state index < -0.39 is 0 Å². The molecule has 0 radical (unpaired) electrons. The molecular formula is C17H21ClN4O. The Bertz CT molecular complexity index is 614. The van der Waals surface area contributed by atoms with Crippen molar-refractivity contribution in [3.05, 3.63) is 36.5 Å². The molecule has 0 amide bonds. The number of hydrogen-bond donors (Lipinski definition) is 1. The third-order valence-electron chi connectivity index (χ3n) is 3.73. The van der Waals surface area contributed by atoms with E-state index in [-0.39, 0.29) is 0 Å². The molecule has 23 heavy (non-hydrogen) atoms. The molecule has 1 saturated heterocycles. The Morgan fingerprint density at radius 1 is 1.13 bits per heavy atom. The van der Waals surface area contributed by atoms with Crippen LogP contribution in [0.5, 0.6) is 5.75 Å². The quantitative estimate of drug-likeness (QED) is 0.617. The van der Waals surface area contributed by atoms with Crippen molar-refractivity contribution in [1.82, 2.24) is 9.97 Å². The van der Waals surface area contributed by atoms with Crippen molar-refractivity contribution in [2.75, 3.05) is 35.8 Å². The van der Waals surface area contributed by atoms with Crippen LogP contribution in [0.2, 0.25) is 0 Å². The van der Waals surface area contributed by atoms with Crippen LogP contribution in [0.15, 0.2) is 36.5 Å². The number of ether oxygens (including phenoxy) is 1. The average molecular weight is 333 g/mol. The van der Waals surface area contributed by atoms with Crippen LogP contribution in [0.25, 0.3) is 0 Å². The molecule has 2 aromatic rings. The maximum Gasteiger partial charge on any atom is 0.229 e. The van der Waals surface area contributed by atoms with Crippen molar-refractivity contribution in [3.63, 3.8) is 0 Å². The van der Waals surface area contributed by atoms with E-state index in [2.05, 4.69) is 20.2 Å². The van der Waals surface area contributed by atoms with Crippen molar-refractivity contribution >= 4 is 29.1 Å². The van der Waals surface area contributed by atoms with Crippen molar-refractivity contribution in [1.29, 1.82) is 0 Å². The van der Waals surface area contributed by atoms with Crippen molar-refractivity contribution in [2.24, 2.45) is 0 Å². The Hall–Kier alpha value is -2.01. The zero-order chi connectivity index (χ0) is 15.9. The lowest BCUT2D eigenvalue weighted by molar-refractivity contribution is 0.318. The first-order valence-electron chi connectivity index (χ1n) is 7.99. The standard InChI is InChI=1S/C17H21ClN4O/c18-9-3-13-23-15-6-4-14(5-7-15)20-17-19-10-8-16(21-17)22-11-1-2-12-22/h4-8,10H,1-3,9,11-13H2,(H,19,20,21). The molecular weight excluding hydrogens is 312 g/mol. The van der Waals surface area contributed by atoms with Gasteiger partial charge in [0.15, 0.2) is 0 Å². The second-order valence-corrected chi connectivity index (χ2v) is 5.85. The Morgan fingerprint density at radius 2 is 1.91 bits per heavy atom. The summed E-state index contributed by atoms with van der Waals surface area (Å²) >= 11 is 5.64. The summed E-state index contributed by atoms with van der Waals surface area (Å²) in [5.74, 6) is 3.06. The zero-order valence-corrected chi connectivity index (χ0v) is 13.8. The highest BCUT2D eigenvalue weighted by atomic mass is 35.5. The van der Waals surface area contributed by atoms with Gasteiger partial charge < -0.3 is 15.0 Å². The van der Waals surface area contributed by atoms with Crippen molar-refractivity contribution in [3.8, 4) is 5.75 Å². The van der Waals surface area contributed by atoms with E-state index in [1.54, 1.807) is 6.20 Å². The van der Waals surface area contributed by atoms with Gasteiger partial charge in [-0.15, -0.1) is 11.6 Å². The van der Waals surface area contributed by atoms with Crippen molar-refractivity contribution in [2.45, 2.75) is 19.3 Å². The minimum absolute atomic E-state index is 0.615. The van der Waals surface area contributed by atoms with Gasteiger partial charge in [-0.05, 0) is 49.6 Å². The second kappa shape index (κ2) is 8.02. The summed E-state index contributed by atoms with van der Waals surface area (Å²) in [6.07, 6.45) is 5.11. The zero-order valence-electron chi connectivity index (χ0n) is 13.0. The van der Waals surface area contributed by atoms with E-state index in [1.807, 2.05) is 30.3 Å². The van der Waals surface area contributed by atoms with Gasteiger partial charge in [-0.3, -0.25) is 0 Å². The highest BCUT2D eigenvalue weighted by molar-refractivity contribution is 6.17. The predicted molar refractivity (Wildman–Crippen MR) is 94.0 cm³/mol. The summed E-state index contributed by atoms with van der Waals surface area (Å²) in [7, 11) is 0. The minimum Gasteiger partial charge on any atom is -0.494 e. The fraction of sp³-hybridized carbons (Fsp3) is 0.412. The van der Waals surface area contributed by atoms with Gasteiger partial charge >= 0.3 is 0 Å². The van der Waals surface area contributed by atoms with Crippen LogP contribution in [0.1, 0.15) is 19.3 Å². The molecule has 122 valence electrons. The summed E-state index contributed by atoms with van der Waals surface area (Å²) in [5, 5.41) is 3.24. The Kier molecular flexibility index (Phi) is 5.53. The van der Waals surface area contributed by atoms with Gasteiger partial charge in [0, 0.05) is 30.9 Å². The topological polar surface area (TPSA) is 50.3 Å². The van der Waals surface area contributed by atoms with Gasteiger partial charge in [-0.2, -0.15) is 4.98 Å². The summed E-state index contributed by atoms with van der Waals surface area (Å²) in [6, 6.07) is 9.75. The largest absolute Gasteiger partial charge is 0.494 e. The number of nitrogens with zero attached hydrogens (tertiary/aromatic N) is 3. The lowest BCUT2D eigenvalue weighted by atomic mass is 10.3. The van der Waals surface area contributed by atoms with Gasteiger partial charge in [0.05, 0.1) is 6.61 Å². The number of hydrogen-bond acceptors (Lipinski definition) is 5. The summed E-state index contributed by atoms with van der Waals surface area (Å²) < 4.78 is 5.59. The Morgan fingerprint density at radius 3 is 2.65 bits per heavy atom. The van der Waals surface area contributed by atoms with Crippen molar-refractivity contribution < 1.29 is 4.74 Å². The van der Waals surface area contributed by atoms with E-state index >= 15 is 0 Å². The normalized spacial score (nSPS) is 14.0. The number of rotatable bonds is 7. The average Bonchev–Trinajstić information content (AvgIpc) is 3.12. The summed E-state index contributed by atoms with van der Waals surface area (Å²) in [5.41, 5.74) is 0.938. The molecule has 0 bridgehead atoms. The minimum atomic E-state index is 0.615. The molecule has 6 heteroatoms. The molecule has 1 fully saturated rings. The van der Waals surface area contributed by atoms with Gasteiger partial charge in [0.1, 0.15) is 11.6 Å². The molecule has 1 aromatic heterocycles. The van der Waals surface area contributed by atoms with Gasteiger partial charge in [0.2, 0.25) is 5.95 Å². The first-order valence-corrected chi connectivity index (χ1v) is 8.52. The van der Waals surface area contributed by atoms with Crippen LogP contribution in [0, 0.1) is 0 Å². The first kappa shape index (κ1) is 15.9. The molecule has 3 rings (SSSR count). The number of aromatic nitrogens is 2. The predicted octanol–water partition coefficient (Wildman–Crippen LogP) is 3.83. The molecule has 0 atom stereocenters. The molecule has 2 heterocycles. The fourth-order valence-corrected chi connectivity index (χ4v) is 2.65. The van der Waals surface area contributed by atoms with E-state index in [4.69, 9.17) is 16.3 Å². The molecule has 0 aliphatic carbocycles. The SMILES string of the molecule is ClCCCOc1ccc(Nc2nccc(N3CCCC3)n2)cc1. The van der Waals surface area contributed by atoms with E-state index in [1.165, 1.54) is 12.8 Å². The fourth-order valence-electron chi connectivity index (χ4n) is 2.54. The van der Waals surface area contributed by atoms with Crippen LogP contribution < -0.4 is 15.0 Å². The highest BCUT2D eigenvalue weighted by Crippen LogP contribution is 2.21. The third-order valence-corrected chi connectivity index (χ3v) is 4.00.